The number of nitrogens with zero attached hydrogens (tertiary/aromatic N) is 13. The van der Waals surface area contributed by atoms with E-state index in [9.17, 15) is 68.7 Å². The highest BCUT2D eigenvalue weighted by molar-refractivity contribution is 7.22. The van der Waals surface area contributed by atoms with E-state index in [4.69, 9.17) is 84.3 Å². The number of ether oxygens (including phenoxy) is 3. The summed E-state index contributed by atoms with van der Waals surface area (Å²) in [6.45, 7) is 37.9. The second kappa shape index (κ2) is 47.7. The molecule has 0 radical (unpaired) electrons. The van der Waals surface area contributed by atoms with E-state index in [0.717, 1.165) is 82.7 Å². The van der Waals surface area contributed by atoms with Crippen LogP contribution in [-0.2, 0) is 39.9 Å². The Labute approximate surface area is 849 Å². The van der Waals surface area contributed by atoms with Gasteiger partial charge in [0.2, 0.25) is 9.66 Å². The van der Waals surface area contributed by atoms with Crippen molar-refractivity contribution < 1.29 is 88.0 Å². The summed E-state index contributed by atoms with van der Waals surface area (Å²) in [6.07, 6.45) is -0.623. The lowest BCUT2D eigenvalue weighted by Crippen LogP contribution is -2.50. The van der Waals surface area contributed by atoms with Crippen molar-refractivity contribution >= 4 is 209 Å². The molecule has 4 fully saturated rings. The normalized spacial score (nSPS) is 13.9. The first-order chi connectivity index (χ1) is 68.2. The van der Waals surface area contributed by atoms with E-state index in [0.29, 0.717) is 161 Å². The summed E-state index contributed by atoms with van der Waals surface area (Å²) in [7, 11) is 0. The van der Waals surface area contributed by atoms with E-state index in [1.165, 1.54) is 30.3 Å². The van der Waals surface area contributed by atoms with Gasteiger partial charge < -0.3 is 113 Å². The van der Waals surface area contributed by atoms with Crippen LogP contribution in [0.25, 0.3) is 50.6 Å². The van der Waals surface area contributed by atoms with Crippen LogP contribution in [0.2, 0.25) is 10.3 Å². The van der Waals surface area contributed by atoms with Crippen LogP contribution in [0, 0.1) is 59.7 Å². The molecule has 0 spiro atoms. The maximum atomic E-state index is 14.9. The van der Waals surface area contributed by atoms with E-state index >= 15 is 0 Å². The topological polar surface area (TPSA) is 429 Å². The fourth-order valence-electron chi connectivity index (χ4n) is 15.4. The van der Waals surface area contributed by atoms with Crippen molar-refractivity contribution in [3.63, 3.8) is 0 Å². The first-order valence-corrected chi connectivity index (χ1v) is 49.4. The maximum Gasteiger partial charge on any atom is 0.410 e. The number of fused-ring (bicyclic) bond motifs is 4. The number of anilines is 8. The minimum absolute atomic E-state index is 0.0670. The molecule has 0 unspecified atom stereocenters. The molecule has 0 bridgehead atoms. The van der Waals surface area contributed by atoms with Crippen molar-refractivity contribution in [1.29, 1.82) is 0 Å². The smallest absolute Gasteiger partial charge is 0.410 e. The van der Waals surface area contributed by atoms with Gasteiger partial charge in [-0.05, 0) is 177 Å². The third-order valence-corrected chi connectivity index (χ3v) is 27.4. The van der Waals surface area contributed by atoms with Gasteiger partial charge in [0.15, 0.2) is 0 Å². The maximum absolute atomic E-state index is 14.9. The average molecular weight is 2110 g/mol. The van der Waals surface area contributed by atoms with Gasteiger partial charge in [0.05, 0.1) is 56.3 Å². The molecule has 8 aromatic heterocycles. The third-order valence-electron chi connectivity index (χ3n) is 22.5. The molecule has 144 heavy (non-hydrogen) atoms. The number of aromatic carboxylic acids is 1. The second-order valence-electron chi connectivity index (χ2n) is 36.2. The number of hydrogen-bond donors (Lipinski definition) is 10. The van der Waals surface area contributed by atoms with Crippen molar-refractivity contribution in [2.24, 2.45) is 5.73 Å². The molecule has 16 rings (SSSR count). The lowest BCUT2D eigenvalue weighted by molar-refractivity contribution is 0.0230. The molecule has 0 aliphatic carbocycles. The highest BCUT2D eigenvalue weighted by Crippen LogP contribution is 2.40. The van der Waals surface area contributed by atoms with Gasteiger partial charge in [0.1, 0.15) is 103 Å². The molecular weight excluding hydrogens is 2000 g/mol. The number of nitrogens with two attached hydrogens (primary N) is 5. The molecule has 12 aromatic rings. The standard InChI is InChI=1S/C26H28F2N6O3S.C25H28ClF2N5O3S.C21H20F2N6OS.C17H25F2N3O2.C8H5ClN2O2S/c1-26(2,3)37-25(36)34-11-9-33(10-12-34)19-14-17(27)15(13-18(19)28)7-8-31-23(35)22-21(29)16-5-6-20(30-4)32-24(16)38-22;1-25(2,3)36-24(35)33-10-8-32(9-11-33)18-13-16(27)14(12-17(18)28)6-7-30-22(34)21-20(29)15-4-5-19(26)31-23(15)37-21;1-25-17-3-2-13-18(24)19(31-21(13)28-17)20(30)27-5-4-12-10-15(23)16(11-14(12)22)29-8-6-26-7-9-29;1-17(2,3)24-16(23)22-8-6-21(7-9-22)15-11-13(18)12(4-5-20)10-14(15)19;9-4-2-1-3-5(10)6(8(12)13)14-7(3)11-4/h5-6,13-14H,7-12,29H2,1-3H3,(H,31,35);4-5,12-13H,6-11,29H2,1-3H3,(H,30,34);2-3,10-11,26H,4-9,24H2,(H,27,30);10-11H,4-9,20H2,1-3H3;1-2H,10H2,(H,12,13). The van der Waals surface area contributed by atoms with Gasteiger partial charge in [-0.3, -0.25) is 14.4 Å². The Balaban J connectivity index is 0.000000165. The number of hydrogen-bond acceptors (Lipinski definition) is 28. The molecule has 6 amide bonds. The van der Waals surface area contributed by atoms with Crippen LogP contribution in [0.15, 0.2) is 97.1 Å². The highest BCUT2D eigenvalue weighted by Gasteiger charge is 2.34. The molecule has 4 aliphatic heterocycles. The number of nitrogens with one attached hydrogen (secondary N) is 4. The monoisotopic (exact) mass is 2100 g/mol. The fourth-order valence-corrected chi connectivity index (χ4v) is 19.7. The average Bonchev–Trinajstić information content (AvgIpc) is 1.57. The number of thiophene rings is 4. The van der Waals surface area contributed by atoms with Gasteiger partial charge in [-0.25, -0.2) is 64.3 Å². The van der Waals surface area contributed by atoms with Crippen molar-refractivity contribution in [3.8, 4) is 0 Å². The molecule has 4 aliphatic rings. The van der Waals surface area contributed by atoms with E-state index in [1.54, 1.807) is 113 Å². The quantitative estimate of drug-likeness (QED) is 0.0156. The lowest BCUT2D eigenvalue weighted by Gasteiger charge is -2.37. The zero-order valence-corrected chi connectivity index (χ0v) is 84.6. The minimum Gasteiger partial charge on any atom is -0.477 e. The summed E-state index contributed by atoms with van der Waals surface area (Å²) in [6, 6.07) is 22.4. The second-order valence-corrected chi connectivity index (χ2v) is 40.9. The number of pyridine rings is 4. The van der Waals surface area contributed by atoms with E-state index in [1.807, 2.05) is 25.7 Å². The highest BCUT2D eigenvalue weighted by atomic mass is 35.5. The summed E-state index contributed by atoms with van der Waals surface area (Å²) in [5.41, 5.74) is 30.1. The van der Waals surface area contributed by atoms with Crippen LogP contribution in [0.1, 0.15) is 123 Å². The number of carboxylic acid groups (broad SMARTS) is 1. The predicted octanol–water partition coefficient (Wildman–Crippen LogP) is 17.4. The van der Waals surface area contributed by atoms with Crippen molar-refractivity contribution in [1.82, 2.24) is 55.9 Å². The van der Waals surface area contributed by atoms with Gasteiger partial charge in [0, 0.05) is 159 Å². The van der Waals surface area contributed by atoms with Crippen LogP contribution >= 0.6 is 68.5 Å². The van der Waals surface area contributed by atoms with Crippen LogP contribution in [0.3, 0.4) is 0 Å². The first-order valence-electron chi connectivity index (χ1n) is 45.3. The Morgan fingerprint density at radius 1 is 0.389 bits per heavy atom. The van der Waals surface area contributed by atoms with Gasteiger partial charge in [-0.15, -0.1) is 32.6 Å². The van der Waals surface area contributed by atoms with Gasteiger partial charge >= 0.3 is 24.2 Å². The molecule has 764 valence electrons. The lowest BCUT2D eigenvalue weighted by atomic mass is 10.1. The fraction of sp³-hybridized carbons (Fsp3) is 0.371. The first kappa shape index (κ1) is 109. The summed E-state index contributed by atoms with van der Waals surface area (Å²) >= 11 is 15.9. The number of amides is 6. The SMILES string of the molecule is CC(C)(C)OC(=O)N1CCN(c2cc(F)c(CCN)cc2F)CC1.CC(C)(C)OC(=O)N1CCN(c2cc(F)c(CCNC(=O)c3sc4nc(Cl)ccc4c3N)cc2F)CC1.Nc1c(C(=O)O)sc2nc(Cl)ccc12.[C-]#[N+]c1ccc2c(N)c(C(=O)NCCc3cc(F)c(N4CCN(C(=O)OC(C)(C)C)CC4)cc3F)sc2n1.[C-]#[N+]c1ccc2c(N)c(C(=O)NCCc3cc(F)c(N4CCNCC4)cc3F)sc2n1. The summed E-state index contributed by atoms with van der Waals surface area (Å²) in [5, 5.41) is 23.2. The number of rotatable bonds is 19. The van der Waals surface area contributed by atoms with E-state index in [2.05, 4.69) is 50.9 Å². The summed E-state index contributed by atoms with van der Waals surface area (Å²) in [4.78, 5) is 123. The van der Waals surface area contributed by atoms with Crippen molar-refractivity contribution in [3.05, 3.63) is 219 Å². The number of carbonyl (C=O) groups is 7. The number of benzene rings is 4. The molecule has 0 atom stereocenters. The Bertz CT molecular complexity index is 6880. The van der Waals surface area contributed by atoms with Crippen LogP contribution in [-0.4, -0.2) is 229 Å². The van der Waals surface area contributed by atoms with E-state index < -0.39 is 99.2 Å². The predicted molar refractivity (Wildman–Crippen MR) is 547 cm³/mol. The largest absolute Gasteiger partial charge is 0.477 e. The Morgan fingerprint density at radius 3 is 0.917 bits per heavy atom. The van der Waals surface area contributed by atoms with E-state index in [-0.39, 0.29) is 139 Å². The number of nitrogen functional groups attached to an aromatic ring is 4. The Hall–Kier alpha value is -13.7. The molecule has 12 heterocycles. The van der Waals surface area contributed by atoms with Gasteiger partial charge in [-0.2, -0.15) is 0 Å². The van der Waals surface area contributed by atoms with Gasteiger partial charge in [-0.1, -0.05) is 71.2 Å². The Morgan fingerprint density at radius 2 is 0.646 bits per heavy atom. The molecule has 47 heteroatoms. The molecule has 4 saturated heterocycles. The minimum atomic E-state index is -1.04. The molecule has 4 aromatic carbocycles. The third kappa shape index (κ3) is 28.1. The van der Waals surface area contributed by atoms with Crippen LogP contribution in [0.5, 0.6) is 0 Å². The number of piperazine rings is 4. The molecule has 33 nitrogen and oxygen atoms in total. The molecule has 0 saturated carbocycles. The van der Waals surface area contributed by atoms with Crippen molar-refractivity contribution in [2.45, 2.75) is 105 Å². The molecular formula is C97H106Cl2F8N22O11S4. The number of aromatic nitrogens is 4. The van der Waals surface area contributed by atoms with Crippen LogP contribution in [0.4, 0.5) is 107 Å². The number of carbonyl (C=O) groups excluding carboxylic acids is 6. The Kier molecular flexibility index (Phi) is 36.1. The summed E-state index contributed by atoms with van der Waals surface area (Å²) in [5.74, 6) is -6.07. The zero-order valence-electron chi connectivity index (χ0n) is 79.9. The molecule has 15 N–H and O–H groups in total. The van der Waals surface area contributed by atoms with Crippen molar-refractivity contribution in [2.75, 3.05) is 173 Å². The summed E-state index contributed by atoms with van der Waals surface area (Å²) < 4.78 is 133. The van der Waals surface area contributed by atoms with Gasteiger partial charge in [0.25, 0.3) is 29.4 Å². The number of carboxylic acids is 1. The van der Waals surface area contributed by atoms with Crippen LogP contribution < -0.4 is 69.5 Å². The number of halogens is 10. The zero-order chi connectivity index (χ0) is 105.